The fourth-order valence-electron chi connectivity index (χ4n) is 2.06. The summed E-state index contributed by atoms with van der Waals surface area (Å²) in [6.07, 6.45) is -0.782. The van der Waals surface area contributed by atoms with Crippen LogP contribution in [0.1, 0.15) is 19.1 Å². The van der Waals surface area contributed by atoms with E-state index in [4.69, 9.17) is 15.2 Å². The first kappa shape index (κ1) is 15.4. The highest BCUT2D eigenvalue weighted by atomic mass is 16.6. The number of aromatic nitrogens is 2. The van der Waals surface area contributed by atoms with Crippen molar-refractivity contribution in [3.8, 4) is 0 Å². The zero-order chi connectivity index (χ0) is 15.4. The van der Waals surface area contributed by atoms with Gasteiger partial charge in [-0.15, -0.1) is 0 Å². The molecule has 0 aromatic carbocycles. The van der Waals surface area contributed by atoms with Crippen LogP contribution in [-0.4, -0.2) is 46.0 Å². The second kappa shape index (κ2) is 6.66. The molecule has 21 heavy (non-hydrogen) atoms. The van der Waals surface area contributed by atoms with Gasteiger partial charge in [0, 0.05) is 25.2 Å². The average Bonchev–Trinajstić information content (AvgIpc) is 2.78. The maximum absolute atomic E-state index is 11.6. The number of nitrogens with two attached hydrogens (primary N) is 1. The SMILES string of the molecule is NCCC(=O)OC[C@H]1O[C@@H](n2ccc(=O)[nH]c2=O)C[C@@H]1O. The molecule has 0 unspecified atom stereocenters. The van der Waals surface area contributed by atoms with Gasteiger partial charge in [-0.3, -0.25) is 19.1 Å². The van der Waals surface area contributed by atoms with Gasteiger partial charge in [0.05, 0.1) is 12.5 Å². The second-order valence-corrected chi connectivity index (χ2v) is 4.67. The van der Waals surface area contributed by atoms with Gasteiger partial charge in [0.25, 0.3) is 5.56 Å². The van der Waals surface area contributed by atoms with E-state index in [-0.39, 0.29) is 26.0 Å². The molecule has 3 atom stereocenters. The molecule has 0 aliphatic carbocycles. The van der Waals surface area contributed by atoms with E-state index in [0.717, 1.165) is 0 Å². The Balaban J connectivity index is 1.99. The fourth-order valence-corrected chi connectivity index (χ4v) is 2.06. The van der Waals surface area contributed by atoms with Gasteiger partial charge >= 0.3 is 11.7 Å². The van der Waals surface area contributed by atoms with E-state index in [1.165, 1.54) is 16.8 Å². The number of carbonyl (C=O) groups is 1. The molecule has 1 aromatic heterocycles. The van der Waals surface area contributed by atoms with Crippen molar-refractivity contribution in [1.29, 1.82) is 0 Å². The number of H-pyrrole nitrogens is 1. The highest BCUT2D eigenvalue weighted by Crippen LogP contribution is 2.27. The van der Waals surface area contributed by atoms with Crippen molar-refractivity contribution in [3.05, 3.63) is 33.1 Å². The lowest BCUT2D eigenvalue weighted by atomic mass is 10.2. The molecule has 1 aliphatic heterocycles. The van der Waals surface area contributed by atoms with Crippen LogP contribution < -0.4 is 17.0 Å². The molecule has 0 amide bonds. The average molecular weight is 299 g/mol. The molecule has 1 aromatic rings. The lowest BCUT2D eigenvalue weighted by Gasteiger charge is -2.15. The Hall–Kier alpha value is -1.97. The van der Waals surface area contributed by atoms with Gasteiger partial charge < -0.3 is 20.3 Å². The highest BCUT2D eigenvalue weighted by molar-refractivity contribution is 5.69. The van der Waals surface area contributed by atoms with E-state index < -0.39 is 35.7 Å². The van der Waals surface area contributed by atoms with E-state index in [2.05, 4.69) is 4.98 Å². The smallest absolute Gasteiger partial charge is 0.330 e. The van der Waals surface area contributed by atoms with Gasteiger partial charge in [0.1, 0.15) is 18.9 Å². The topological polar surface area (TPSA) is 137 Å². The van der Waals surface area contributed by atoms with E-state index in [1.807, 2.05) is 0 Å². The van der Waals surface area contributed by atoms with Crippen molar-refractivity contribution in [2.45, 2.75) is 31.3 Å². The molecule has 1 fully saturated rings. The van der Waals surface area contributed by atoms with E-state index in [9.17, 15) is 19.5 Å². The van der Waals surface area contributed by atoms with Gasteiger partial charge in [-0.1, -0.05) is 0 Å². The number of aliphatic hydroxyl groups excluding tert-OH is 1. The summed E-state index contributed by atoms with van der Waals surface area (Å²) < 4.78 is 11.6. The number of aromatic amines is 1. The maximum atomic E-state index is 11.6. The minimum absolute atomic E-state index is 0.0889. The Bertz CT molecular complexity index is 610. The summed E-state index contributed by atoms with van der Waals surface area (Å²) in [5.41, 5.74) is 4.08. The minimum Gasteiger partial charge on any atom is -0.463 e. The lowest BCUT2D eigenvalue weighted by Crippen LogP contribution is -2.32. The first-order chi connectivity index (χ1) is 10.0. The van der Waals surface area contributed by atoms with E-state index in [0.29, 0.717) is 0 Å². The van der Waals surface area contributed by atoms with Crippen molar-refractivity contribution < 1.29 is 19.4 Å². The molecule has 1 aliphatic rings. The molecule has 0 saturated carbocycles. The predicted octanol–water partition coefficient (Wildman–Crippen LogP) is -1.92. The fraction of sp³-hybridized carbons (Fsp3) is 0.583. The molecule has 9 heteroatoms. The molecule has 9 nitrogen and oxygen atoms in total. The van der Waals surface area contributed by atoms with Crippen molar-refractivity contribution in [3.63, 3.8) is 0 Å². The third kappa shape index (κ3) is 3.78. The van der Waals surface area contributed by atoms with Crippen LogP contribution >= 0.6 is 0 Å². The highest BCUT2D eigenvalue weighted by Gasteiger charge is 2.36. The summed E-state index contributed by atoms with van der Waals surface area (Å²) in [4.78, 5) is 36.0. The van der Waals surface area contributed by atoms with E-state index in [1.54, 1.807) is 0 Å². The molecule has 2 rings (SSSR count). The van der Waals surface area contributed by atoms with Gasteiger partial charge in [0.2, 0.25) is 0 Å². The van der Waals surface area contributed by atoms with Gasteiger partial charge in [-0.25, -0.2) is 4.79 Å². The van der Waals surface area contributed by atoms with Crippen LogP contribution in [0.15, 0.2) is 21.9 Å². The van der Waals surface area contributed by atoms with Crippen LogP contribution in [0, 0.1) is 0 Å². The zero-order valence-corrected chi connectivity index (χ0v) is 11.2. The van der Waals surface area contributed by atoms with Gasteiger partial charge in [-0.05, 0) is 0 Å². The Morgan fingerprint density at radius 3 is 3.00 bits per heavy atom. The third-order valence-electron chi connectivity index (χ3n) is 3.12. The number of ether oxygens (including phenoxy) is 2. The van der Waals surface area contributed by atoms with Gasteiger partial charge in [-0.2, -0.15) is 0 Å². The molecule has 2 heterocycles. The Morgan fingerprint density at radius 1 is 1.57 bits per heavy atom. The Morgan fingerprint density at radius 2 is 2.33 bits per heavy atom. The molecule has 0 bridgehead atoms. The summed E-state index contributed by atoms with van der Waals surface area (Å²) in [5, 5.41) is 9.88. The molecule has 0 radical (unpaired) electrons. The number of hydrogen-bond donors (Lipinski definition) is 3. The van der Waals surface area contributed by atoms with Crippen LogP contribution in [0.5, 0.6) is 0 Å². The predicted molar refractivity (Wildman–Crippen MR) is 70.5 cm³/mol. The standard InChI is InChI=1S/C12H17N3O6/c13-3-1-11(18)20-6-8-7(16)5-10(21-8)15-4-2-9(17)14-12(15)19/h2,4,7-8,10,16H,1,3,5-6,13H2,(H,14,17,19)/t7-,8+,10+/m0/s1. The molecule has 1 saturated heterocycles. The van der Waals surface area contributed by atoms with Crippen molar-refractivity contribution in [2.24, 2.45) is 5.73 Å². The minimum atomic E-state index is -0.875. The zero-order valence-electron chi connectivity index (χ0n) is 11.2. The number of nitrogens with one attached hydrogen (secondary N) is 1. The number of esters is 1. The van der Waals surface area contributed by atoms with Crippen LogP contribution in [0.3, 0.4) is 0 Å². The summed E-state index contributed by atoms with van der Waals surface area (Å²) in [7, 11) is 0. The second-order valence-electron chi connectivity index (χ2n) is 4.67. The largest absolute Gasteiger partial charge is 0.463 e. The first-order valence-corrected chi connectivity index (χ1v) is 6.52. The summed E-state index contributed by atoms with van der Waals surface area (Å²) >= 11 is 0. The number of hydrogen-bond acceptors (Lipinski definition) is 7. The number of aliphatic hydroxyl groups is 1. The number of rotatable bonds is 5. The van der Waals surface area contributed by atoms with Crippen molar-refractivity contribution in [1.82, 2.24) is 9.55 Å². The summed E-state index contributed by atoms with van der Waals surface area (Å²) in [5.74, 6) is -0.474. The van der Waals surface area contributed by atoms with Crippen LogP contribution in [0.25, 0.3) is 0 Å². The quantitative estimate of drug-likeness (QED) is 0.539. The number of nitrogens with zero attached hydrogens (tertiary/aromatic N) is 1. The first-order valence-electron chi connectivity index (χ1n) is 6.52. The molecule has 116 valence electrons. The molecular weight excluding hydrogens is 282 g/mol. The normalized spacial score (nSPS) is 25.0. The Kier molecular flexibility index (Phi) is 4.89. The summed E-state index contributed by atoms with van der Waals surface area (Å²) in [6, 6.07) is 1.19. The molecule has 0 spiro atoms. The van der Waals surface area contributed by atoms with Crippen molar-refractivity contribution >= 4 is 5.97 Å². The van der Waals surface area contributed by atoms with E-state index >= 15 is 0 Å². The Labute approximate surface area is 119 Å². The van der Waals surface area contributed by atoms with Crippen molar-refractivity contribution in [2.75, 3.05) is 13.2 Å². The van der Waals surface area contributed by atoms with Crippen LogP contribution in [-0.2, 0) is 14.3 Å². The van der Waals surface area contributed by atoms with Gasteiger partial charge in [0.15, 0.2) is 0 Å². The summed E-state index contributed by atoms with van der Waals surface area (Å²) in [6.45, 7) is 0.0664. The monoisotopic (exact) mass is 299 g/mol. The lowest BCUT2D eigenvalue weighted by molar-refractivity contribution is -0.149. The molecular formula is C12H17N3O6. The third-order valence-corrected chi connectivity index (χ3v) is 3.12. The maximum Gasteiger partial charge on any atom is 0.330 e. The van der Waals surface area contributed by atoms with Crippen LogP contribution in [0.4, 0.5) is 0 Å². The number of carbonyl (C=O) groups excluding carboxylic acids is 1. The molecule has 4 N–H and O–H groups in total. The van der Waals surface area contributed by atoms with Crippen LogP contribution in [0.2, 0.25) is 0 Å².